The van der Waals surface area contributed by atoms with Gasteiger partial charge >= 0.3 is 0 Å². The molecule has 0 aromatic heterocycles. The van der Waals surface area contributed by atoms with Crippen molar-refractivity contribution in [2.75, 3.05) is 26.7 Å². The van der Waals surface area contributed by atoms with Gasteiger partial charge in [-0.3, -0.25) is 4.90 Å². The highest BCUT2D eigenvalue weighted by atomic mass is 16.5. The smallest absolute Gasteiger partial charge is 0.0749 e. The van der Waals surface area contributed by atoms with Gasteiger partial charge in [-0.2, -0.15) is 0 Å². The first-order valence-electron chi connectivity index (χ1n) is 7.42. The Bertz CT molecular complexity index is 241. The number of ether oxygens (including phenoxy) is 1. The van der Waals surface area contributed by atoms with Gasteiger partial charge in [0.25, 0.3) is 0 Å². The van der Waals surface area contributed by atoms with Crippen LogP contribution in [0.15, 0.2) is 0 Å². The first-order valence-corrected chi connectivity index (χ1v) is 7.42. The third kappa shape index (κ3) is 4.52. The van der Waals surface area contributed by atoms with Crippen LogP contribution in [0.25, 0.3) is 0 Å². The van der Waals surface area contributed by atoms with E-state index in [1.54, 1.807) is 0 Å². The molecule has 2 unspecified atom stereocenters. The first-order chi connectivity index (χ1) is 8.39. The van der Waals surface area contributed by atoms with Crippen LogP contribution < -0.4 is 5.32 Å². The molecule has 0 spiro atoms. The van der Waals surface area contributed by atoms with E-state index in [0.29, 0.717) is 18.0 Å². The first kappa shape index (κ1) is 15.9. The van der Waals surface area contributed by atoms with Gasteiger partial charge in [0, 0.05) is 38.8 Å². The molecule has 0 amide bonds. The largest absolute Gasteiger partial charge is 0.377 e. The Labute approximate surface area is 113 Å². The lowest BCUT2D eigenvalue weighted by Gasteiger charge is -2.45. The van der Waals surface area contributed by atoms with Crippen LogP contribution in [-0.2, 0) is 4.74 Å². The van der Waals surface area contributed by atoms with Crippen molar-refractivity contribution in [3.8, 4) is 0 Å². The average molecular weight is 256 g/mol. The van der Waals surface area contributed by atoms with Crippen LogP contribution in [0, 0.1) is 5.92 Å². The number of hydrogen-bond acceptors (Lipinski definition) is 3. The molecule has 1 saturated heterocycles. The molecule has 0 radical (unpaired) electrons. The average Bonchev–Trinajstić information content (AvgIpc) is 2.29. The summed E-state index contributed by atoms with van der Waals surface area (Å²) < 4.78 is 5.60. The van der Waals surface area contributed by atoms with E-state index in [1.807, 2.05) is 7.11 Å². The highest BCUT2D eigenvalue weighted by molar-refractivity contribution is 4.90. The van der Waals surface area contributed by atoms with Crippen molar-refractivity contribution in [2.45, 2.75) is 65.1 Å². The normalized spacial score (nSPS) is 26.8. The van der Waals surface area contributed by atoms with E-state index >= 15 is 0 Å². The molecule has 1 N–H and O–H groups in total. The van der Waals surface area contributed by atoms with E-state index in [0.717, 1.165) is 19.6 Å². The fourth-order valence-electron chi connectivity index (χ4n) is 2.83. The van der Waals surface area contributed by atoms with Crippen LogP contribution in [0.3, 0.4) is 0 Å². The lowest BCUT2D eigenvalue weighted by atomic mass is 9.95. The Morgan fingerprint density at radius 1 is 1.39 bits per heavy atom. The molecule has 0 bridgehead atoms. The maximum Gasteiger partial charge on any atom is 0.0749 e. The van der Waals surface area contributed by atoms with Gasteiger partial charge in [0.1, 0.15) is 0 Å². The second-order valence-electron chi connectivity index (χ2n) is 6.60. The molecule has 3 nitrogen and oxygen atoms in total. The maximum atomic E-state index is 5.60. The van der Waals surface area contributed by atoms with E-state index in [-0.39, 0.29) is 5.60 Å². The third-order valence-corrected chi connectivity index (χ3v) is 4.08. The Kier molecular flexibility index (Phi) is 6.09. The van der Waals surface area contributed by atoms with E-state index < -0.39 is 0 Å². The minimum Gasteiger partial charge on any atom is -0.377 e. The minimum absolute atomic E-state index is 0.0543. The van der Waals surface area contributed by atoms with Crippen molar-refractivity contribution in [1.29, 1.82) is 0 Å². The molecule has 1 heterocycles. The number of methoxy groups -OCH3 is 1. The maximum absolute atomic E-state index is 5.60. The monoisotopic (exact) mass is 256 g/mol. The lowest BCUT2D eigenvalue weighted by Crippen LogP contribution is -2.60. The second-order valence-corrected chi connectivity index (χ2v) is 6.60. The zero-order valence-corrected chi connectivity index (χ0v) is 13.1. The molecule has 108 valence electrons. The summed E-state index contributed by atoms with van der Waals surface area (Å²) >= 11 is 0. The van der Waals surface area contributed by atoms with Crippen LogP contribution >= 0.6 is 0 Å². The summed E-state index contributed by atoms with van der Waals surface area (Å²) in [6.45, 7) is 14.6. The lowest BCUT2D eigenvalue weighted by molar-refractivity contribution is -0.0337. The standard InChI is InChI=1S/C15H32N2O/c1-7-8-13-10-17(11-15(4,5)18-6)14(9-16-13)12(2)3/h12-14,16H,7-11H2,1-6H3. The number of nitrogens with one attached hydrogen (secondary N) is 1. The molecule has 0 aliphatic carbocycles. The highest BCUT2D eigenvalue weighted by Gasteiger charge is 2.33. The summed E-state index contributed by atoms with van der Waals surface area (Å²) in [5, 5.41) is 3.70. The van der Waals surface area contributed by atoms with Gasteiger partial charge in [-0.15, -0.1) is 0 Å². The Balaban J connectivity index is 2.66. The summed E-state index contributed by atoms with van der Waals surface area (Å²) in [5.41, 5.74) is -0.0543. The topological polar surface area (TPSA) is 24.5 Å². The number of nitrogens with zero attached hydrogens (tertiary/aromatic N) is 1. The van der Waals surface area contributed by atoms with E-state index in [4.69, 9.17) is 4.74 Å². The van der Waals surface area contributed by atoms with E-state index in [9.17, 15) is 0 Å². The molecule has 1 aliphatic rings. The summed E-state index contributed by atoms with van der Waals surface area (Å²) in [5.74, 6) is 0.688. The zero-order chi connectivity index (χ0) is 13.8. The summed E-state index contributed by atoms with van der Waals surface area (Å²) in [6, 6.07) is 1.28. The molecule has 1 fully saturated rings. The van der Waals surface area contributed by atoms with E-state index in [2.05, 4.69) is 44.8 Å². The van der Waals surface area contributed by atoms with Gasteiger partial charge < -0.3 is 10.1 Å². The molecule has 18 heavy (non-hydrogen) atoms. The molecule has 0 aromatic rings. The predicted molar refractivity (Wildman–Crippen MR) is 78.0 cm³/mol. The number of rotatable bonds is 6. The molecule has 2 atom stereocenters. The highest BCUT2D eigenvalue weighted by Crippen LogP contribution is 2.21. The second kappa shape index (κ2) is 6.88. The van der Waals surface area contributed by atoms with Gasteiger partial charge in [0.2, 0.25) is 0 Å². The van der Waals surface area contributed by atoms with Crippen molar-refractivity contribution >= 4 is 0 Å². The molecule has 1 rings (SSSR count). The van der Waals surface area contributed by atoms with Crippen molar-refractivity contribution in [1.82, 2.24) is 10.2 Å². The predicted octanol–water partition coefficient (Wildman–Crippen LogP) is 2.51. The molecule has 3 heteroatoms. The van der Waals surface area contributed by atoms with Crippen molar-refractivity contribution in [3.05, 3.63) is 0 Å². The van der Waals surface area contributed by atoms with Gasteiger partial charge in [0.15, 0.2) is 0 Å². The fourth-order valence-corrected chi connectivity index (χ4v) is 2.83. The van der Waals surface area contributed by atoms with Gasteiger partial charge in [-0.25, -0.2) is 0 Å². The van der Waals surface area contributed by atoms with Gasteiger partial charge in [-0.05, 0) is 26.2 Å². The molecule has 0 saturated carbocycles. The van der Waals surface area contributed by atoms with E-state index in [1.165, 1.54) is 12.8 Å². The molecule has 0 aromatic carbocycles. The Morgan fingerprint density at radius 3 is 2.56 bits per heavy atom. The Morgan fingerprint density at radius 2 is 2.06 bits per heavy atom. The Hall–Kier alpha value is -0.120. The zero-order valence-electron chi connectivity index (χ0n) is 13.1. The van der Waals surface area contributed by atoms with Crippen LogP contribution in [0.1, 0.15) is 47.5 Å². The molecular weight excluding hydrogens is 224 g/mol. The quantitative estimate of drug-likeness (QED) is 0.790. The van der Waals surface area contributed by atoms with Crippen LogP contribution in [0.2, 0.25) is 0 Å². The molecule has 1 aliphatic heterocycles. The number of hydrogen-bond donors (Lipinski definition) is 1. The molecular formula is C15H32N2O. The van der Waals surface area contributed by atoms with Crippen molar-refractivity contribution in [3.63, 3.8) is 0 Å². The van der Waals surface area contributed by atoms with Crippen LogP contribution in [-0.4, -0.2) is 49.3 Å². The van der Waals surface area contributed by atoms with Gasteiger partial charge in [0.05, 0.1) is 5.60 Å². The van der Waals surface area contributed by atoms with Crippen LogP contribution in [0.5, 0.6) is 0 Å². The van der Waals surface area contributed by atoms with Gasteiger partial charge in [-0.1, -0.05) is 27.2 Å². The summed E-state index contributed by atoms with van der Waals surface area (Å²) in [4.78, 5) is 2.63. The number of piperazine rings is 1. The SMILES string of the molecule is CCCC1CN(CC(C)(C)OC)C(C(C)C)CN1. The van der Waals surface area contributed by atoms with Crippen molar-refractivity contribution < 1.29 is 4.74 Å². The minimum atomic E-state index is -0.0543. The summed E-state index contributed by atoms with van der Waals surface area (Å²) in [7, 11) is 1.82. The van der Waals surface area contributed by atoms with Crippen molar-refractivity contribution in [2.24, 2.45) is 5.92 Å². The third-order valence-electron chi connectivity index (χ3n) is 4.08. The van der Waals surface area contributed by atoms with Crippen LogP contribution in [0.4, 0.5) is 0 Å². The fraction of sp³-hybridized carbons (Fsp3) is 1.00. The summed E-state index contributed by atoms with van der Waals surface area (Å²) in [6.07, 6.45) is 2.53.